The van der Waals surface area contributed by atoms with E-state index in [1.807, 2.05) is 29.6 Å². The van der Waals surface area contributed by atoms with Crippen LogP contribution < -0.4 is 4.72 Å². The fourth-order valence-electron chi connectivity index (χ4n) is 2.94. The predicted octanol–water partition coefficient (Wildman–Crippen LogP) is 3.88. The molecular weight excluding hydrogens is 396 g/mol. The van der Waals surface area contributed by atoms with Crippen LogP contribution in [-0.4, -0.2) is 25.1 Å². The Morgan fingerprint density at radius 1 is 1.18 bits per heavy atom. The molecule has 28 heavy (non-hydrogen) atoms. The second-order valence-corrected chi connectivity index (χ2v) is 9.01. The van der Waals surface area contributed by atoms with Crippen LogP contribution in [-0.2, 0) is 10.0 Å². The summed E-state index contributed by atoms with van der Waals surface area (Å²) >= 11 is 1.52. The standard InChI is InChI=1S/C20H18N2O4S2/c1-13-22-18(11-26-13)14-6-8-15(9-7-14)28(24,25)21-10-19(23)17-12-27-20-5-3-2-4-16(17)20/h2-9,11-12,19,21,23H,10H2,1H3/t19-/m1/s1. The normalized spacial score (nSPS) is 13.1. The number of hydrogen-bond acceptors (Lipinski definition) is 6. The van der Waals surface area contributed by atoms with E-state index in [0.29, 0.717) is 11.6 Å². The SMILES string of the molecule is Cc1nc(-c2ccc(S(=O)(=O)NC[C@@H](O)c3csc4ccccc34)cc2)co1. The van der Waals surface area contributed by atoms with E-state index in [2.05, 4.69) is 9.71 Å². The zero-order chi connectivity index (χ0) is 19.7. The molecule has 2 aromatic heterocycles. The first-order valence-corrected chi connectivity index (χ1v) is 11.0. The topological polar surface area (TPSA) is 92.4 Å². The molecule has 0 amide bonds. The molecule has 8 heteroatoms. The average Bonchev–Trinajstić information content (AvgIpc) is 3.33. The van der Waals surface area contributed by atoms with Crippen molar-refractivity contribution in [1.29, 1.82) is 0 Å². The molecule has 0 saturated heterocycles. The van der Waals surface area contributed by atoms with Crippen molar-refractivity contribution in [2.45, 2.75) is 17.9 Å². The van der Waals surface area contributed by atoms with Gasteiger partial charge in [0.25, 0.3) is 0 Å². The van der Waals surface area contributed by atoms with E-state index in [-0.39, 0.29) is 11.4 Å². The van der Waals surface area contributed by atoms with Crippen LogP contribution in [0.5, 0.6) is 0 Å². The van der Waals surface area contributed by atoms with Gasteiger partial charge in [0, 0.05) is 29.3 Å². The van der Waals surface area contributed by atoms with Crippen LogP contribution in [0.3, 0.4) is 0 Å². The molecule has 6 nitrogen and oxygen atoms in total. The molecule has 0 fully saturated rings. The predicted molar refractivity (Wildman–Crippen MR) is 109 cm³/mol. The summed E-state index contributed by atoms with van der Waals surface area (Å²) in [5.41, 5.74) is 2.13. The Bertz CT molecular complexity index is 1210. The Labute approximate surface area is 166 Å². The molecule has 0 aliphatic rings. The lowest BCUT2D eigenvalue weighted by Gasteiger charge is -2.12. The largest absolute Gasteiger partial charge is 0.449 e. The maximum atomic E-state index is 12.6. The third-order valence-corrected chi connectivity index (χ3v) is 6.84. The van der Waals surface area contributed by atoms with E-state index in [1.165, 1.54) is 29.7 Å². The van der Waals surface area contributed by atoms with Gasteiger partial charge in [-0.25, -0.2) is 18.1 Å². The molecule has 0 unspecified atom stereocenters. The van der Waals surface area contributed by atoms with E-state index in [4.69, 9.17) is 4.42 Å². The molecule has 4 rings (SSSR count). The zero-order valence-electron chi connectivity index (χ0n) is 15.0. The Kier molecular flexibility index (Phi) is 5.03. The van der Waals surface area contributed by atoms with E-state index in [1.54, 1.807) is 19.1 Å². The number of aryl methyl sites for hydroxylation is 1. The molecule has 0 saturated carbocycles. The van der Waals surface area contributed by atoms with Crippen LogP contribution in [0.1, 0.15) is 17.6 Å². The first-order valence-electron chi connectivity index (χ1n) is 8.60. The summed E-state index contributed by atoms with van der Waals surface area (Å²) in [6, 6.07) is 14.1. The number of aliphatic hydroxyl groups excluding tert-OH is 1. The van der Waals surface area contributed by atoms with Crippen LogP contribution in [0.15, 0.2) is 69.5 Å². The first kappa shape index (κ1) is 18.8. The van der Waals surface area contributed by atoms with Crippen molar-refractivity contribution in [2.75, 3.05) is 6.54 Å². The summed E-state index contributed by atoms with van der Waals surface area (Å²) in [5.74, 6) is 0.545. The zero-order valence-corrected chi connectivity index (χ0v) is 16.6. The van der Waals surface area contributed by atoms with Crippen LogP contribution >= 0.6 is 11.3 Å². The van der Waals surface area contributed by atoms with Crippen molar-refractivity contribution in [1.82, 2.24) is 9.71 Å². The maximum Gasteiger partial charge on any atom is 0.240 e. The molecular formula is C20H18N2O4S2. The van der Waals surface area contributed by atoms with Crippen molar-refractivity contribution in [3.63, 3.8) is 0 Å². The van der Waals surface area contributed by atoms with Gasteiger partial charge in [-0.1, -0.05) is 30.3 Å². The fraction of sp³-hybridized carbons (Fsp3) is 0.150. The minimum absolute atomic E-state index is 0.104. The van der Waals surface area contributed by atoms with Gasteiger partial charge >= 0.3 is 0 Å². The number of aromatic nitrogens is 1. The number of rotatable bonds is 6. The Morgan fingerprint density at radius 3 is 2.64 bits per heavy atom. The maximum absolute atomic E-state index is 12.6. The van der Waals surface area contributed by atoms with Crippen LogP contribution in [0.4, 0.5) is 0 Å². The smallest absolute Gasteiger partial charge is 0.240 e. The van der Waals surface area contributed by atoms with Crippen LogP contribution in [0.25, 0.3) is 21.3 Å². The van der Waals surface area contributed by atoms with Crippen molar-refractivity contribution in [3.05, 3.63) is 71.6 Å². The van der Waals surface area contributed by atoms with Gasteiger partial charge in [0.2, 0.25) is 10.0 Å². The Balaban J connectivity index is 1.48. The molecule has 0 aliphatic carbocycles. The minimum Gasteiger partial charge on any atom is -0.449 e. The van der Waals surface area contributed by atoms with Gasteiger partial charge in [-0.3, -0.25) is 0 Å². The summed E-state index contributed by atoms with van der Waals surface area (Å²) in [6.45, 7) is 1.64. The van der Waals surface area contributed by atoms with Gasteiger partial charge in [0.05, 0.1) is 11.0 Å². The van der Waals surface area contributed by atoms with Gasteiger partial charge < -0.3 is 9.52 Å². The number of thiophene rings is 1. The minimum atomic E-state index is -3.74. The van der Waals surface area contributed by atoms with Gasteiger partial charge in [0.15, 0.2) is 5.89 Å². The lowest BCUT2D eigenvalue weighted by molar-refractivity contribution is 0.184. The summed E-state index contributed by atoms with van der Waals surface area (Å²) in [4.78, 5) is 4.35. The molecule has 144 valence electrons. The number of benzene rings is 2. The van der Waals surface area contributed by atoms with E-state index < -0.39 is 16.1 Å². The molecule has 0 aliphatic heterocycles. The highest BCUT2D eigenvalue weighted by molar-refractivity contribution is 7.89. The van der Waals surface area contributed by atoms with Crippen LogP contribution in [0, 0.1) is 6.92 Å². The van der Waals surface area contributed by atoms with E-state index in [9.17, 15) is 13.5 Å². The van der Waals surface area contributed by atoms with Crippen molar-refractivity contribution in [3.8, 4) is 11.3 Å². The molecule has 4 aromatic rings. The third-order valence-electron chi connectivity index (χ3n) is 4.42. The van der Waals surface area contributed by atoms with E-state index in [0.717, 1.165) is 21.2 Å². The average molecular weight is 415 g/mol. The first-order chi connectivity index (χ1) is 13.4. The van der Waals surface area contributed by atoms with Gasteiger partial charge in [-0.2, -0.15) is 0 Å². The van der Waals surface area contributed by atoms with Gasteiger partial charge in [-0.05, 0) is 29.0 Å². The molecule has 1 atom stereocenters. The Morgan fingerprint density at radius 2 is 1.93 bits per heavy atom. The summed E-state index contributed by atoms with van der Waals surface area (Å²) < 4.78 is 33.9. The number of oxazole rings is 1. The summed E-state index contributed by atoms with van der Waals surface area (Å²) in [6.07, 6.45) is 0.599. The highest BCUT2D eigenvalue weighted by Crippen LogP contribution is 2.30. The molecule has 0 spiro atoms. The molecule has 2 N–H and O–H groups in total. The van der Waals surface area contributed by atoms with Crippen molar-refractivity contribution >= 4 is 31.4 Å². The van der Waals surface area contributed by atoms with Crippen molar-refractivity contribution < 1.29 is 17.9 Å². The number of aliphatic hydroxyl groups is 1. The summed E-state index contributed by atoms with van der Waals surface area (Å²) in [7, 11) is -3.74. The Hall–Kier alpha value is -2.52. The van der Waals surface area contributed by atoms with Gasteiger partial charge in [-0.15, -0.1) is 11.3 Å². The second-order valence-electron chi connectivity index (χ2n) is 6.33. The number of nitrogens with one attached hydrogen (secondary N) is 1. The van der Waals surface area contributed by atoms with Crippen molar-refractivity contribution in [2.24, 2.45) is 0 Å². The lowest BCUT2D eigenvalue weighted by Crippen LogP contribution is -2.28. The molecule has 0 radical (unpaired) electrons. The second kappa shape index (κ2) is 7.48. The third kappa shape index (κ3) is 3.72. The monoisotopic (exact) mass is 414 g/mol. The van der Waals surface area contributed by atoms with Gasteiger partial charge in [0.1, 0.15) is 12.0 Å². The number of sulfonamides is 1. The molecule has 2 aromatic carbocycles. The summed E-state index contributed by atoms with van der Waals surface area (Å²) in [5, 5.41) is 13.3. The van der Waals surface area contributed by atoms with E-state index >= 15 is 0 Å². The highest BCUT2D eigenvalue weighted by Gasteiger charge is 2.19. The molecule has 0 bridgehead atoms. The highest BCUT2D eigenvalue weighted by atomic mass is 32.2. The van der Waals surface area contributed by atoms with Crippen LogP contribution in [0.2, 0.25) is 0 Å². The lowest BCUT2D eigenvalue weighted by atomic mass is 10.1. The number of hydrogen-bond donors (Lipinski definition) is 2. The molecule has 2 heterocycles. The fourth-order valence-corrected chi connectivity index (χ4v) is 4.99. The quantitative estimate of drug-likeness (QED) is 0.500. The number of fused-ring (bicyclic) bond motifs is 1. The number of nitrogens with zero attached hydrogens (tertiary/aromatic N) is 1.